The monoisotopic (exact) mass is 390 g/mol. The minimum absolute atomic E-state index is 0.0633. The first kappa shape index (κ1) is 19.2. The third kappa shape index (κ3) is 4.77. The van der Waals surface area contributed by atoms with Crippen molar-refractivity contribution in [2.45, 2.75) is 32.7 Å². The van der Waals surface area contributed by atoms with E-state index in [0.29, 0.717) is 6.04 Å². The van der Waals surface area contributed by atoms with Crippen LogP contribution in [-0.4, -0.2) is 23.1 Å². The van der Waals surface area contributed by atoms with Crippen LogP contribution in [0.5, 0.6) is 0 Å². The molecule has 0 aliphatic heterocycles. The molecule has 1 N–H and O–H groups in total. The van der Waals surface area contributed by atoms with Crippen molar-refractivity contribution in [3.05, 3.63) is 58.1 Å². The number of nitrogens with one attached hydrogen (secondary N) is 1. The predicted octanol–water partition coefficient (Wildman–Crippen LogP) is 4.43. The molecule has 0 spiro atoms. The fourth-order valence-electron chi connectivity index (χ4n) is 2.99. The van der Waals surface area contributed by atoms with Crippen LogP contribution in [0.4, 0.5) is 10.1 Å². The summed E-state index contributed by atoms with van der Waals surface area (Å²) in [4.78, 5) is 23.7. The first-order chi connectivity index (χ1) is 12.8. The fourth-order valence-corrected chi connectivity index (χ4v) is 3.16. The number of carbonyl (C=O) groups is 2. The number of ether oxygens (including phenoxy) is 1. The van der Waals surface area contributed by atoms with Gasteiger partial charge < -0.3 is 14.6 Å². The Labute approximate surface area is 161 Å². The molecule has 0 bridgehead atoms. The molecule has 3 rings (SSSR count). The topological polar surface area (TPSA) is 60.3 Å². The second-order valence-corrected chi connectivity index (χ2v) is 6.98. The summed E-state index contributed by atoms with van der Waals surface area (Å²) in [6, 6.07) is 6.38. The maximum Gasteiger partial charge on any atom is 0.331 e. The standard InChI is InChI=1S/C20H20ClFN2O3/c1-12-9-14(13(2)24(12)16-5-6-16)3-8-20(26)27-11-19(25)23-18-10-15(21)4-7-17(18)22/h3-4,7-10,16H,5-6,11H2,1-2H3,(H,23,25)/b8-3+. The van der Waals surface area contributed by atoms with E-state index >= 15 is 0 Å². The van der Waals surface area contributed by atoms with Crippen LogP contribution >= 0.6 is 11.6 Å². The fraction of sp³-hybridized carbons (Fsp3) is 0.300. The SMILES string of the molecule is Cc1cc(/C=C/C(=O)OCC(=O)Nc2cc(Cl)ccc2F)c(C)n1C1CC1. The average molecular weight is 391 g/mol. The number of nitrogens with zero attached hydrogens (tertiary/aromatic N) is 1. The smallest absolute Gasteiger partial charge is 0.331 e. The summed E-state index contributed by atoms with van der Waals surface area (Å²) in [5.74, 6) is -1.91. The van der Waals surface area contributed by atoms with E-state index in [4.69, 9.17) is 16.3 Å². The molecule has 27 heavy (non-hydrogen) atoms. The average Bonchev–Trinajstić information content (AvgIpc) is 3.40. The molecule has 1 saturated carbocycles. The van der Waals surface area contributed by atoms with Crippen LogP contribution < -0.4 is 5.32 Å². The lowest BCUT2D eigenvalue weighted by Crippen LogP contribution is -2.20. The number of aryl methyl sites for hydroxylation is 1. The molecule has 1 aliphatic rings. The van der Waals surface area contributed by atoms with Crippen molar-refractivity contribution in [3.63, 3.8) is 0 Å². The van der Waals surface area contributed by atoms with Crippen molar-refractivity contribution in [3.8, 4) is 0 Å². The Hall–Kier alpha value is -2.60. The second-order valence-electron chi connectivity index (χ2n) is 6.54. The summed E-state index contributed by atoms with van der Waals surface area (Å²) < 4.78 is 20.8. The molecule has 1 heterocycles. The van der Waals surface area contributed by atoms with E-state index in [1.54, 1.807) is 6.08 Å². The van der Waals surface area contributed by atoms with Crippen LogP contribution in [0.3, 0.4) is 0 Å². The lowest BCUT2D eigenvalue weighted by Gasteiger charge is -2.07. The van der Waals surface area contributed by atoms with E-state index in [-0.39, 0.29) is 10.7 Å². The first-order valence-electron chi connectivity index (χ1n) is 8.63. The van der Waals surface area contributed by atoms with Gasteiger partial charge in [-0.2, -0.15) is 0 Å². The molecule has 0 radical (unpaired) electrons. The van der Waals surface area contributed by atoms with Gasteiger partial charge >= 0.3 is 5.97 Å². The number of carbonyl (C=O) groups excluding carboxylic acids is 2. The van der Waals surface area contributed by atoms with E-state index in [1.165, 1.54) is 31.1 Å². The highest BCUT2D eigenvalue weighted by molar-refractivity contribution is 6.30. The second kappa shape index (κ2) is 7.96. The summed E-state index contributed by atoms with van der Waals surface area (Å²) in [6.07, 6.45) is 5.33. The van der Waals surface area contributed by atoms with Gasteiger partial charge in [-0.05, 0) is 62.6 Å². The van der Waals surface area contributed by atoms with Gasteiger partial charge in [-0.3, -0.25) is 4.79 Å². The van der Waals surface area contributed by atoms with Gasteiger partial charge in [-0.15, -0.1) is 0 Å². The molecule has 1 fully saturated rings. The van der Waals surface area contributed by atoms with Gasteiger partial charge in [-0.25, -0.2) is 9.18 Å². The summed E-state index contributed by atoms with van der Waals surface area (Å²) in [5, 5.41) is 2.60. The molecular formula is C20H20ClFN2O3. The van der Waals surface area contributed by atoms with Crippen molar-refractivity contribution >= 4 is 35.2 Å². The van der Waals surface area contributed by atoms with Crippen molar-refractivity contribution in [1.29, 1.82) is 0 Å². The van der Waals surface area contributed by atoms with Gasteiger partial charge in [0.15, 0.2) is 6.61 Å². The Morgan fingerprint density at radius 3 is 2.78 bits per heavy atom. The molecule has 7 heteroatoms. The molecular weight excluding hydrogens is 371 g/mol. The van der Waals surface area contributed by atoms with Crippen LogP contribution in [0.15, 0.2) is 30.3 Å². The summed E-state index contributed by atoms with van der Waals surface area (Å²) in [5.41, 5.74) is 3.15. The molecule has 5 nitrogen and oxygen atoms in total. The number of rotatable bonds is 6. The number of amides is 1. The zero-order chi connectivity index (χ0) is 19.6. The number of anilines is 1. The van der Waals surface area contributed by atoms with Crippen LogP contribution in [-0.2, 0) is 14.3 Å². The highest BCUT2D eigenvalue weighted by Gasteiger charge is 2.26. The molecule has 2 aromatic rings. The van der Waals surface area contributed by atoms with Crippen molar-refractivity contribution in [1.82, 2.24) is 4.57 Å². The van der Waals surface area contributed by atoms with Gasteiger partial charge in [0.05, 0.1) is 5.69 Å². The third-order valence-corrected chi connectivity index (χ3v) is 4.62. The number of hydrogen-bond donors (Lipinski definition) is 1. The maximum absolute atomic E-state index is 13.6. The van der Waals surface area contributed by atoms with E-state index in [1.807, 2.05) is 19.9 Å². The minimum atomic E-state index is -0.648. The summed E-state index contributed by atoms with van der Waals surface area (Å²) in [7, 11) is 0. The van der Waals surface area contributed by atoms with E-state index in [2.05, 4.69) is 9.88 Å². The Morgan fingerprint density at radius 2 is 2.07 bits per heavy atom. The zero-order valence-corrected chi connectivity index (χ0v) is 15.8. The number of halogens is 2. The molecule has 0 saturated heterocycles. The third-order valence-electron chi connectivity index (χ3n) is 4.38. The molecule has 0 atom stereocenters. The largest absolute Gasteiger partial charge is 0.452 e. The van der Waals surface area contributed by atoms with Crippen LogP contribution in [0.2, 0.25) is 5.02 Å². The normalized spacial score (nSPS) is 13.8. The molecule has 142 valence electrons. The lowest BCUT2D eigenvalue weighted by molar-refractivity contribution is -0.142. The van der Waals surface area contributed by atoms with Crippen molar-refractivity contribution < 1.29 is 18.7 Å². The summed E-state index contributed by atoms with van der Waals surface area (Å²) >= 11 is 5.76. The van der Waals surface area contributed by atoms with Crippen LogP contribution in [0.1, 0.15) is 35.8 Å². The molecule has 1 aliphatic carbocycles. The van der Waals surface area contributed by atoms with Gasteiger partial charge in [0, 0.05) is 28.5 Å². The van der Waals surface area contributed by atoms with E-state index in [9.17, 15) is 14.0 Å². The van der Waals surface area contributed by atoms with Crippen molar-refractivity contribution in [2.24, 2.45) is 0 Å². The minimum Gasteiger partial charge on any atom is -0.452 e. The van der Waals surface area contributed by atoms with Crippen molar-refractivity contribution in [2.75, 3.05) is 11.9 Å². The molecule has 0 unspecified atom stereocenters. The summed E-state index contributed by atoms with van der Waals surface area (Å²) in [6.45, 7) is 3.54. The Morgan fingerprint density at radius 1 is 1.33 bits per heavy atom. The van der Waals surface area contributed by atoms with E-state index in [0.717, 1.165) is 23.0 Å². The highest BCUT2D eigenvalue weighted by atomic mass is 35.5. The van der Waals surface area contributed by atoms with Crippen LogP contribution in [0.25, 0.3) is 6.08 Å². The maximum atomic E-state index is 13.6. The van der Waals surface area contributed by atoms with Gasteiger partial charge in [-0.1, -0.05) is 11.6 Å². The Kier molecular flexibility index (Phi) is 5.65. The quantitative estimate of drug-likeness (QED) is 0.586. The zero-order valence-electron chi connectivity index (χ0n) is 15.1. The van der Waals surface area contributed by atoms with Crippen LogP contribution in [0, 0.1) is 19.7 Å². The number of hydrogen-bond acceptors (Lipinski definition) is 3. The van der Waals surface area contributed by atoms with Gasteiger partial charge in [0.25, 0.3) is 5.91 Å². The Balaban J connectivity index is 1.53. The molecule has 1 aromatic heterocycles. The number of benzene rings is 1. The highest BCUT2D eigenvalue weighted by Crippen LogP contribution is 2.38. The lowest BCUT2D eigenvalue weighted by atomic mass is 10.2. The van der Waals surface area contributed by atoms with Gasteiger partial charge in [0.2, 0.25) is 0 Å². The Bertz CT molecular complexity index is 916. The van der Waals surface area contributed by atoms with E-state index < -0.39 is 24.3 Å². The number of aromatic nitrogens is 1. The first-order valence-corrected chi connectivity index (χ1v) is 9.01. The molecule has 1 aromatic carbocycles. The van der Waals surface area contributed by atoms with Gasteiger partial charge in [0.1, 0.15) is 5.82 Å². The number of esters is 1. The molecule has 1 amide bonds. The predicted molar refractivity (Wildman–Crippen MR) is 102 cm³/mol.